The first-order valence-electron chi connectivity index (χ1n) is 11.1. The fraction of sp³-hybridized carbons (Fsp3) is 0.259. The molecule has 0 spiro atoms. The molecular formula is C27H30N2O4. The van der Waals surface area contributed by atoms with Crippen LogP contribution in [0.2, 0.25) is 0 Å². The number of hydrogen-bond donors (Lipinski definition) is 3. The minimum atomic E-state index is -0.913. The molecule has 3 aromatic carbocycles. The zero-order valence-electron chi connectivity index (χ0n) is 18.8. The SMILES string of the molecule is COc1ccc(CN[C@@H](Cc2ccc(C(=O)NCCCc3ccccc3)cc2)C(=O)O)cc1. The molecule has 0 aliphatic rings. The van der Waals surface area contributed by atoms with Gasteiger partial charge in [0.25, 0.3) is 5.91 Å². The van der Waals surface area contributed by atoms with E-state index in [-0.39, 0.29) is 5.91 Å². The van der Waals surface area contributed by atoms with Gasteiger partial charge in [-0.05, 0) is 60.2 Å². The summed E-state index contributed by atoms with van der Waals surface area (Å²) in [6, 6.07) is 24.0. The molecular weight excluding hydrogens is 416 g/mol. The van der Waals surface area contributed by atoms with Crippen LogP contribution in [0.25, 0.3) is 0 Å². The number of carboxylic acid groups (broad SMARTS) is 1. The lowest BCUT2D eigenvalue weighted by Gasteiger charge is -2.15. The van der Waals surface area contributed by atoms with Crippen molar-refractivity contribution in [2.75, 3.05) is 13.7 Å². The number of benzene rings is 3. The highest BCUT2D eigenvalue weighted by molar-refractivity contribution is 5.94. The third-order valence-electron chi connectivity index (χ3n) is 5.44. The molecule has 1 atom stereocenters. The lowest BCUT2D eigenvalue weighted by Crippen LogP contribution is -2.38. The van der Waals surface area contributed by atoms with Gasteiger partial charge in [-0.3, -0.25) is 9.59 Å². The lowest BCUT2D eigenvalue weighted by molar-refractivity contribution is -0.139. The average Bonchev–Trinajstić information content (AvgIpc) is 2.85. The summed E-state index contributed by atoms with van der Waals surface area (Å²) in [5, 5.41) is 15.6. The van der Waals surface area contributed by atoms with E-state index in [0.717, 1.165) is 29.7 Å². The summed E-state index contributed by atoms with van der Waals surface area (Å²) in [7, 11) is 1.61. The van der Waals surface area contributed by atoms with Crippen LogP contribution in [0.1, 0.15) is 33.5 Å². The fourth-order valence-electron chi connectivity index (χ4n) is 3.50. The summed E-state index contributed by atoms with van der Waals surface area (Å²) in [4.78, 5) is 24.1. The molecule has 3 N–H and O–H groups in total. The van der Waals surface area contributed by atoms with E-state index >= 15 is 0 Å². The van der Waals surface area contributed by atoms with Crippen LogP contribution in [0.3, 0.4) is 0 Å². The van der Waals surface area contributed by atoms with E-state index in [1.807, 2.05) is 54.6 Å². The summed E-state index contributed by atoms with van der Waals surface area (Å²) in [5.74, 6) is -0.278. The molecule has 0 saturated carbocycles. The fourth-order valence-corrected chi connectivity index (χ4v) is 3.50. The molecule has 3 rings (SSSR count). The van der Waals surface area contributed by atoms with Crippen molar-refractivity contribution in [2.45, 2.75) is 31.8 Å². The Balaban J connectivity index is 1.46. The van der Waals surface area contributed by atoms with E-state index in [2.05, 4.69) is 22.8 Å². The molecule has 6 heteroatoms. The third kappa shape index (κ3) is 7.77. The highest BCUT2D eigenvalue weighted by Gasteiger charge is 2.17. The molecule has 0 fully saturated rings. The van der Waals surface area contributed by atoms with Crippen LogP contribution >= 0.6 is 0 Å². The van der Waals surface area contributed by atoms with Crippen molar-refractivity contribution in [3.05, 3.63) is 101 Å². The Morgan fingerprint density at radius 2 is 1.55 bits per heavy atom. The number of amides is 1. The van der Waals surface area contributed by atoms with Crippen LogP contribution in [0.5, 0.6) is 5.75 Å². The molecule has 6 nitrogen and oxygen atoms in total. The van der Waals surface area contributed by atoms with E-state index in [1.54, 1.807) is 19.2 Å². The maximum Gasteiger partial charge on any atom is 0.321 e. The topological polar surface area (TPSA) is 87.7 Å². The van der Waals surface area contributed by atoms with Crippen molar-refractivity contribution in [3.63, 3.8) is 0 Å². The first-order chi connectivity index (χ1) is 16.0. The Morgan fingerprint density at radius 1 is 0.879 bits per heavy atom. The predicted molar refractivity (Wildman–Crippen MR) is 128 cm³/mol. The molecule has 0 bridgehead atoms. The second-order valence-electron chi connectivity index (χ2n) is 7.87. The number of nitrogens with one attached hydrogen (secondary N) is 2. The number of carbonyl (C=O) groups is 2. The Morgan fingerprint density at radius 3 is 2.18 bits per heavy atom. The minimum absolute atomic E-state index is 0.123. The quantitative estimate of drug-likeness (QED) is 0.368. The number of ether oxygens (including phenoxy) is 1. The molecule has 0 heterocycles. The van der Waals surface area contributed by atoms with E-state index < -0.39 is 12.0 Å². The summed E-state index contributed by atoms with van der Waals surface area (Å²) in [6.45, 7) is 1.04. The molecule has 0 radical (unpaired) electrons. The summed E-state index contributed by atoms with van der Waals surface area (Å²) in [6.07, 6.45) is 2.11. The number of carbonyl (C=O) groups excluding carboxylic acids is 1. The molecule has 0 unspecified atom stereocenters. The van der Waals surface area contributed by atoms with Gasteiger partial charge in [-0.2, -0.15) is 0 Å². The third-order valence-corrected chi connectivity index (χ3v) is 5.44. The van der Waals surface area contributed by atoms with Crippen LogP contribution in [-0.2, 0) is 24.2 Å². The van der Waals surface area contributed by atoms with Crippen molar-refractivity contribution >= 4 is 11.9 Å². The molecule has 0 saturated heterocycles. The smallest absolute Gasteiger partial charge is 0.321 e. The van der Waals surface area contributed by atoms with Gasteiger partial charge in [0.05, 0.1) is 7.11 Å². The van der Waals surface area contributed by atoms with E-state index in [1.165, 1.54) is 5.56 Å². The number of rotatable bonds is 12. The van der Waals surface area contributed by atoms with Crippen LogP contribution in [0.15, 0.2) is 78.9 Å². The van der Waals surface area contributed by atoms with Gasteiger partial charge in [0.15, 0.2) is 0 Å². The van der Waals surface area contributed by atoms with Gasteiger partial charge in [-0.15, -0.1) is 0 Å². The first-order valence-corrected chi connectivity index (χ1v) is 11.1. The molecule has 3 aromatic rings. The lowest BCUT2D eigenvalue weighted by atomic mass is 10.0. The number of aryl methyl sites for hydroxylation is 1. The van der Waals surface area contributed by atoms with Gasteiger partial charge in [-0.1, -0.05) is 54.6 Å². The van der Waals surface area contributed by atoms with Gasteiger partial charge >= 0.3 is 5.97 Å². The maximum atomic E-state index is 12.4. The van der Waals surface area contributed by atoms with Crippen LogP contribution < -0.4 is 15.4 Å². The number of methoxy groups -OCH3 is 1. The van der Waals surface area contributed by atoms with Crippen LogP contribution in [-0.4, -0.2) is 36.7 Å². The van der Waals surface area contributed by atoms with Crippen LogP contribution in [0, 0.1) is 0 Å². The Bertz CT molecular complexity index is 1020. The van der Waals surface area contributed by atoms with Gasteiger partial charge in [0.2, 0.25) is 0 Å². The van der Waals surface area contributed by atoms with Gasteiger partial charge in [0, 0.05) is 18.7 Å². The monoisotopic (exact) mass is 446 g/mol. The summed E-state index contributed by atoms with van der Waals surface area (Å²) < 4.78 is 5.14. The van der Waals surface area contributed by atoms with Crippen molar-refractivity contribution < 1.29 is 19.4 Å². The maximum absolute atomic E-state index is 12.4. The highest BCUT2D eigenvalue weighted by atomic mass is 16.5. The standard InChI is InChI=1S/C27H30N2O4/c1-33-24-15-11-22(12-16-24)19-29-25(27(31)32)18-21-9-13-23(14-10-21)26(30)28-17-5-8-20-6-3-2-4-7-20/h2-4,6-7,9-16,25,29H,5,8,17-19H2,1H3,(H,28,30)(H,31,32)/t25-/m0/s1. The Kier molecular flexibility index (Phi) is 9.03. The van der Waals surface area contributed by atoms with Gasteiger partial charge in [-0.25, -0.2) is 0 Å². The molecule has 0 aliphatic heterocycles. The number of carboxylic acids is 1. The van der Waals surface area contributed by atoms with Gasteiger partial charge < -0.3 is 20.5 Å². The van der Waals surface area contributed by atoms with Crippen LogP contribution in [0.4, 0.5) is 0 Å². The number of hydrogen-bond acceptors (Lipinski definition) is 4. The summed E-state index contributed by atoms with van der Waals surface area (Å²) >= 11 is 0. The Hall–Kier alpha value is -3.64. The summed E-state index contributed by atoms with van der Waals surface area (Å²) in [5.41, 5.74) is 3.65. The zero-order valence-corrected chi connectivity index (χ0v) is 18.8. The minimum Gasteiger partial charge on any atom is -0.497 e. The van der Waals surface area contributed by atoms with Crippen molar-refractivity contribution in [1.82, 2.24) is 10.6 Å². The second kappa shape index (κ2) is 12.4. The van der Waals surface area contributed by atoms with E-state index in [9.17, 15) is 14.7 Å². The predicted octanol–water partition coefficient (Wildman–Crippen LogP) is 3.84. The molecule has 172 valence electrons. The zero-order chi connectivity index (χ0) is 23.5. The largest absolute Gasteiger partial charge is 0.497 e. The first kappa shape index (κ1) is 24.0. The average molecular weight is 447 g/mol. The van der Waals surface area contributed by atoms with E-state index in [0.29, 0.717) is 25.1 Å². The molecule has 1 amide bonds. The number of aliphatic carboxylic acids is 1. The molecule has 0 aliphatic carbocycles. The van der Waals surface area contributed by atoms with Crippen molar-refractivity contribution in [1.29, 1.82) is 0 Å². The normalized spacial score (nSPS) is 11.5. The van der Waals surface area contributed by atoms with E-state index in [4.69, 9.17) is 4.74 Å². The Labute approximate surface area is 194 Å². The second-order valence-corrected chi connectivity index (χ2v) is 7.87. The molecule has 33 heavy (non-hydrogen) atoms. The van der Waals surface area contributed by atoms with Crippen molar-refractivity contribution in [3.8, 4) is 5.75 Å². The van der Waals surface area contributed by atoms with Crippen molar-refractivity contribution in [2.24, 2.45) is 0 Å². The molecule has 0 aromatic heterocycles. The van der Waals surface area contributed by atoms with Gasteiger partial charge in [0.1, 0.15) is 11.8 Å². The highest BCUT2D eigenvalue weighted by Crippen LogP contribution is 2.12.